The minimum Gasteiger partial charge on any atom is -0.342 e. The normalized spacial score (nSPS) is 16.1. The Morgan fingerprint density at radius 1 is 0.963 bits per heavy atom. The molecule has 1 saturated heterocycles. The van der Waals surface area contributed by atoms with Gasteiger partial charge in [0.25, 0.3) is 0 Å². The Bertz CT molecular complexity index is 992. The Morgan fingerprint density at radius 3 is 2.56 bits per heavy atom. The Balaban J connectivity index is 1.26. The van der Waals surface area contributed by atoms with Crippen molar-refractivity contribution in [2.75, 3.05) is 13.1 Å². The number of piperidine rings is 1. The van der Waals surface area contributed by atoms with Crippen LogP contribution in [0, 0.1) is 0 Å². The maximum Gasteiger partial charge on any atom is 0.110 e. The summed E-state index contributed by atoms with van der Waals surface area (Å²) in [4.78, 5) is 10.8. The van der Waals surface area contributed by atoms with Crippen LogP contribution in [0.25, 0.3) is 22.3 Å². The SMILES string of the molecule is c1ccc(-c2[nH]ncc2CN2CCC(c3nc4ccccc4[nH]3)CC2)cc1. The second kappa shape index (κ2) is 7.00. The molecular weight excluding hydrogens is 334 g/mol. The van der Waals surface area contributed by atoms with Crippen LogP contribution in [0.15, 0.2) is 60.8 Å². The van der Waals surface area contributed by atoms with Gasteiger partial charge in [0, 0.05) is 18.0 Å². The molecule has 27 heavy (non-hydrogen) atoms. The Labute approximate surface area is 158 Å². The van der Waals surface area contributed by atoms with Crippen molar-refractivity contribution in [3.63, 3.8) is 0 Å². The van der Waals surface area contributed by atoms with Gasteiger partial charge in [0.05, 0.1) is 22.9 Å². The maximum atomic E-state index is 4.80. The summed E-state index contributed by atoms with van der Waals surface area (Å²) in [6.45, 7) is 3.11. The van der Waals surface area contributed by atoms with Crippen molar-refractivity contribution >= 4 is 11.0 Å². The lowest BCUT2D eigenvalue weighted by atomic mass is 9.95. The summed E-state index contributed by atoms with van der Waals surface area (Å²) < 4.78 is 0. The monoisotopic (exact) mass is 357 g/mol. The van der Waals surface area contributed by atoms with Crippen molar-refractivity contribution in [2.45, 2.75) is 25.3 Å². The van der Waals surface area contributed by atoms with E-state index < -0.39 is 0 Å². The van der Waals surface area contributed by atoms with Crippen LogP contribution in [-0.4, -0.2) is 38.2 Å². The van der Waals surface area contributed by atoms with Crippen molar-refractivity contribution in [1.82, 2.24) is 25.1 Å². The van der Waals surface area contributed by atoms with E-state index in [4.69, 9.17) is 4.98 Å². The van der Waals surface area contributed by atoms with Gasteiger partial charge >= 0.3 is 0 Å². The number of aromatic nitrogens is 4. The first-order chi connectivity index (χ1) is 13.4. The largest absolute Gasteiger partial charge is 0.342 e. The number of imidazole rings is 1. The van der Waals surface area contributed by atoms with Crippen LogP contribution in [0.3, 0.4) is 0 Å². The van der Waals surface area contributed by atoms with Gasteiger partial charge in [-0.3, -0.25) is 10.00 Å². The summed E-state index contributed by atoms with van der Waals surface area (Å²) >= 11 is 0. The van der Waals surface area contributed by atoms with Crippen molar-refractivity contribution in [2.24, 2.45) is 0 Å². The van der Waals surface area contributed by atoms with Gasteiger partial charge in [0.15, 0.2) is 0 Å². The number of hydrogen-bond donors (Lipinski definition) is 2. The number of rotatable bonds is 4. The number of nitrogens with one attached hydrogen (secondary N) is 2. The van der Waals surface area contributed by atoms with Gasteiger partial charge in [-0.15, -0.1) is 0 Å². The molecule has 0 aliphatic carbocycles. The molecule has 5 rings (SSSR count). The summed E-state index contributed by atoms with van der Waals surface area (Å²) in [5, 5.41) is 7.45. The molecule has 136 valence electrons. The van der Waals surface area contributed by atoms with Crippen LogP contribution < -0.4 is 0 Å². The topological polar surface area (TPSA) is 60.6 Å². The molecule has 0 spiro atoms. The first-order valence-corrected chi connectivity index (χ1v) is 9.61. The van der Waals surface area contributed by atoms with Crippen LogP contribution in [-0.2, 0) is 6.54 Å². The van der Waals surface area contributed by atoms with E-state index in [0.717, 1.165) is 55.0 Å². The molecule has 1 aliphatic heterocycles. The first-order valence-electron chi connectivity index (χ1n) is 9.61. The zero-order valence-electron chi connectivity index (χ0n) is 15.2. The number of hydrogen-bond acceptors (Lipinski definition) is 3. The van der Waals surface area contributed by atoms with Gasteiger partial charge in [0.1, 0.15) is 5.82 Å². The molecule has 5 heteroatoms. The summed E-state index contributed by atoms with van der Waals surface area (Å²) in [5.41, 5.74) is 5.81. The molecule has 1 fully saturated rings. The summed E-state index contributed by atoms with van der Waals surface area (Å²) in [6, 6.07) is 18.7. The highest BCUT2D eigenvalue weighted by atomic mass is 15.2. The lowest BCUT2D eigenvalue weighted by Gasteiger charge is -2.31. The Kier molecular flexibility index (Phi) is 4.22. The number of likely N-dealkylation sites (tertiary alicyclic amines) is 1. The summed E-state index contributed by atoms with van der Waals surface area (Å²) in [6.07, 6.45) is 4.24. The second-order valence-electron chi connectivity index (χ2n) is 7.33. The van der Waals surface area contributed by atoms with Gasteiger partial charge in [-0.1, -0.05) is 42.5 Å². The average molecular weight is 357 g/mol. The van der Waals surface area contributed by atoms with E-state index in [2.05, 4.69) is 62.5 Å². The molecule has 3 heterocycles. The molecule has 0 bridgehead atoms. The van der Waals surface area contributed by atoms with Gasteiger partial charge in [-0.2, -0.15) is 5.10 Å². The minimum absolute atomic E-state index is 0.520. The fraction of sp³-hybridized carbons (Fsp3) is 0.273. The van der Waals surface area contributed by atoms with E-state index in [-0.39, 0.29) is 0 Å². The quantitative estimate of drug-likeness (QED) is 0.571. The molecule has 0 unspecified atom stereocenters. The van der Waals surface area contributed by atoms with E-state index in [1.165, 1.54) is 11.1 Å². The van der Waals surface area contributed by atoms with Crippen LogP contribution in [0.1, 0.15) is 30.1 Å². The third-order valence-electron chi connectivity index (χ3n) is 5.56. The molecule has 2 aromatic heterocycles. The fourth-order valence-electron chi connectivity index (χ4n) is 4.06. The molecule has 1 aliphatic rings. The van der Waals surface area contributed by atoms with Gasteiger partial charge < -0.3 is 4.98 Å². The third-order valence-corrected chi connectivity index (χ3v) is 5.56. The van der Waals surface area contributed by atoms with E-state index in [1.807, 2.05) is 18.3 Å². The number of fused-ring (bicyclic) bond motifs is 1. The molecule has 0 atom stereocenters. The highest BCUT2D eigenvalue weighted by Crippen LogP contribution is 2.29. The second-order valence-corrected chi connectivity index (χ2v) is 7.33. The molecule has 0 amide bonds. The van der Waals surface area contributed by atoms with Gasteiger partial charge in [-0.05, 0) is 43.6 Å². The zero-order valence-corrected chi connectivity index (χ0v) is 15.2. The van der Waals surface area contributed by atoms with E-state index in [1.54, 1.807) is 0 Å². The van der Waals surface area contributed by atoms with Crippen molar-refractivity contribution in [3.8, 4) is 11.3 Å². The highest BCUT2D eigenvalue weighted by molar-refractivity contribution is 5.74. The van der Waals surface area contributed by atoms with Gasteiger partial charge in [-0.25, -0.2) is 4.98 Å². The maximum absolute atomic E-state index is 4.80. The molecule has 0 saturated carbocycles. The van der Waals surface area contributed by atoms with Crippen molar-refractivity contribution in [1.29, 1.82) is 0 Å². The number of aromatic amines is 2. The molecule has 5 nitrogen and oxygen atoms in total. The Hall–Kier alpha value is -2.92. The summed E-state index contributed by atoms with van der Waals surface area (Å²) in [5.74, 6) is 1.66. The van der Waals surface area contributed by atoms with Crippen molar-refractivity contribution < 1.29 is 0 Å². The smallest absolute Gasteiger partial charge is 0.110 e. The number of para-hydroxylation sites is 2. The predicted octanol–water partition coefficient (Wildman–Crippen LogP) is 4.33. The van der Waals surface area contributed by atoms with Crippen LogP contribution in [0.4, 0.5) is 0 Å². The highest BCUT2D eigenvalue weighted by Gasteiger charge is 2.24. The molecule has 4 aromatic rings. The standard InChI is InChI=1S/C22H23N5/c1-2-6-16(7-3-1)21-18(14-23-26-21)15-27-12-10-17(11-13-27)22-24-19-8-4-5-9-20(19)25-22/h1-9,14,17H,10-13,15H2,(H,23,26)(H,24,25). The fourth-order valence-corrected chi connectivity index (χ4v) is 4.06. The molecule has 2 N–H and O–H groups in total. The Morgan fingerprint density at radius 2 is 1.74 bits per heavy atom. The first kappa shape index (κ1) is 16.3. The zero-order chi connectivity index (χ0) is 18.1. The van der Waals surface area contributed by atoms with E-state index in [0.29, 0.717) is 5.92 Å². The molecular formula is C22H23N5. The lowest BCUT2D eigenvalue weighted by Crippen LogP contribution is -2.32. The lowest BCUT2D eigenvalue weighted by molar-refractivity contribution is 0.202. The van der Waals surface area contributed by atoms with Crippen LogP contribution in [0.2, 0.25) is 0 Å². The van der Waals surface area contributed by atoms with Crippen molar-refractivity contribution in [3.05, 3.63) is 72.2 Å². The van der Waals surface area contributed by atoms with Crippen LogP contribution in [0.5, 0.6) is 0 Å². The average Bonchev–Trinajstić information content (AvgIpc) is 3.36. The minimum atomic E-state index is 0.520. The number of benzene rings is 2. The third kappa shape index (κ3) is 3.26. The number of H-pyrrole nitrogens is 2. The molecule has 2 aromatic carbocycles. The van der Waals surface area contributed by atoms with E-state index in [9.17, 15) is 0 Å². The van der Waals surface area contributed by atoms with Gasteiger partial charge in [0.2, 0.25) is 0 Å². The molecule has 0 radical (unpaired) electrons. The predicted molar refractivity (Wildman–Crippen MR) is 107 cm³/mol. The van der Waals surface area contributed by atoms with Crippen LogP contribution >= 0.6 is 0 Å². The summed E-state index contributed by atoms with van der Waals surface area (Å²) in [7, 11) is 0. The number of nitrogens with zero attached hydrogens (tertiary/aromatic N) is 3. The van der Waals surface area contributed by atoms with E-state index >= 15 is 0 Å².